The molecule has 1 aromatic heterocycles. The van der Waals surface area contributed by atoms with Crippen LogP contribution in [0, 0.1) is 10.1 Å². The summed E-state index contributed by atoms with van der Waals surface area (Å²) >= 11 is 0. The van der Waals surface area contributed by atoms with Gasteiger partial charge in [-0.15, -0.1) is 0 Å². The molecule has 0 bridgehead atoms. The Morgan fingerprint density at radius 1 is 1.32 bits per heavy atom. The summed E-state index contributed by atoms with van der Waals surface area (Å²) < 4.78 is 20.5. The second kappa shape index (κ2) is 9.40. The van der Waals surface area contributed by atoms with Crippen molar-refractivity contribution in [1.82, 2.24) is 5.32 Å². The number of benzene rings is 1. The topological polar surface area (TPSA) is 130 Å². The largest absolute Gasteiger partial charge is 0.493 e. The molecule has 1 N–H and O–H groups in total. The Hall–Kier alpha value is -3.56. The Bertz CT molecular complexity index is 848. The third-order valence-electron chi connectivity index (χ3n) is 3.68. The number of methoxy groups -OCH3 is 1. The van der Waals surface area contributed by atoms with Crippen LogP contribution >= 0.6 is 0 Å². The molecule has 2 rings (SSSR count). The van der Waals surface area contributed by atoms with E-state index in [-0.39, 0.29) is 23.7 Å². The van der Waals surface area contributed by atoms with Gasteiger partial charge in [-0.05, 0) is 26.0 Å². The minimum absolute atomic E-state index is 0.107. The summed E-state index contributed by atoms with van der Waals surface area (Å²) in [4.78, 5) is 34.8. The highest BCUT2D eigenvalue weighted by atomic mass is 16.6. The fourth-order valence-electron chi connectivity index (χ4n) is 2.39. The van der Waals surface area contributed by atoms with Crippen molar-refractivity contribution < 1.29 is 33.1 Å². The van der Waals surface area contributed by atoms with Gasteiger partial charge in [-0.3, -0.25) is 14.9 Å². The van der Waals surface area contributed by atoms with Gasteiger partial charge in [0.2, 0.25) is 0 Å². The molecule has 0 fully saturated rings. The average Bonchev–Trinajstić information content (AvgIpc) is 3.20. The number of carbonyl (C=O) groups excluding carboxylic acids is 2. The molecule has 0 saturated heterocycles. The molecule has 1 aromatic carbocycles. The van der Waals surface area contributed by atoms with E-state index in [1.165, 1.54) is 13.4 Å². The summed E-state index contributed by atoms with van der Waals surface area (Å²) in [5.41, 5.74) is -0.865. The normalized spacial score (nSPS) is 11.4. The monoisotopic (exact) mass is 392 g/mol. The summed E-state index contributed by atoms with van der Waals surface area (Å²) in [6.07, 6.45) is 1.47. The lowest BCUT2D eigenvalue weighted by Crippen LogP contribution is -2.31. The van der Waals surface area contributed by atoms with E-state index >= 15 is 0 Å². The van der Waals surface area contributed by atoms with Crippen molar-refractivity contribution in [2.75, 3.05) is 20.3 Å². The number of ether oxygens (including phenoxy) is 3. The first kappa shape index (κ1) is 20.7. The van der Waals surface area contributed by atoms with Crippen molar-refractivity contribution in [1.29, 1.82) is 0 Å². The number of nitrogens with one attached hydrogen (secondary N) is 1. The fraction of sp³-hybridized carbons (Fsp3) is 0.333. The molecule has 28 heavy (non-hydrogen) atoms. The summed E-state index contributed by atoms with van der Waals surface area (Å²) in [5.74, 6) is -0.824. The number of nitrogens with zero attached hydrogens (tertiary/aromatic N) is 1. The number of furan rings is 1. The molecule has 10 nitrogen and oxygen atoms in total. The van der Waals surface area contributed by atoms with Gasteiger partial charge in [0.05, 0.1) is 37.0 Å². The quantitative estimate of drug-likeness (QED) is 0.391. The van der Waals surface area contributed by atoms with Crippen molar-refractivity contribution >= 4 is 17.6 Å². The van der Waals surface area contributed by atoms with Crippen LogP contribution in [0.4, 0.5) is 5.69 Å². The van der Waals surface area contributed by atoms with E-state index in [0.29, 0.717) is 5.76 Å². The van der Waals surface area contributed by atoms with Crippen LogP contribution in [0.15, 0.2) is 34.9 Å². The molecular formula is C18H20N2O8. The molecule has 10 heteroatoms. The Labute approximate surface area is 160 Å². The highest BCUT2D eigenvalue weighted by Gasteiger charge is 2.26. The zero-order valence-corrected chi connectivity index (χ0v) is 15.6. The molecule has 2 aromatic rings. The third kappa shape index (κ3) is 5.00. The molecule has 0 aliphatic carbocycles. The van der Waals surface area contributed by atoms with Gasteiger partial charge < -0.3 is 23.9 Å². The van der Waals surface area contributed by atoms with Crippen molar-refractivity contribution in [2.24, 2.45) is 0 Å². The first-order valence-electron chi connectivity index (χ1n) is 8.36. The minimum Gasteiger partial charge on any atom is -0.493 e. The minimum atomic E-state index is -1.03. The maximum Gasteiger partial charge on any atom is 0.345 e. The van der Waals surface area contributed by atoms with Crippen LogP contribution in [-0.4, -0.2) is 37.1 Å². The lowest BCUT2D eigenvalue weighted by atomic mass is 10.1. The predicted octanol–water partition coefficient (Wildman–Crippen LogP) is 2.63. The third-order valence-corrected chi connectivity index (χ3v) is 3.68. The smallest absolute Gasteiger partial charge is 0.345 e. The van der Waals surface area contributed by atoms with Crippen molar-refractivity contribution in [2.45, 2.75) is 19.9 Å². The van der Waals surface area contributed by atoms with Crippen LogP contribution < -0.4 is 14.8 Å². The Kier molecular flexibility index (Phi) is 6.96. The molecule has 150 valence electrons. The lowest BCUT2D eigenvalue weighted by Gasteiger charge is -2.13. The number of nitro groups is 1. The van der Waals surface area contributed by atoms with Gasteiger partial charge in [0.15, 0.2) is 18.1 Å². The molecule has 0 spiro atoms. The van der Waals surface area contributed by atoms with Gasteiger partial charge in [0.25, 0.3) is 11.6 Å². The maximum atomic E-state index is 12.3. The first-order chi connectivity index (χ1) is 13.4. The van der Waals surface area contributed by atoms with Crippen molar-refractivity contribution in [3.63, 3.8) is 0 Å². The molecule has 0 saturated carbocycles. The highest BCUT2D eigenvalue weighted by molar-refractivity contribution is 5.96. The summed E-state index contributed by atoms with van der Waals surface area (Å²) in [6, 6.07) is 5.16. The number of hydrogen-bond acceptors (Lipinski definition) is 8. The average molecular weight is 392 g/mol. The van der Waals surface area contributed by atoms with E-state index in [0.717, 1.165) is 12.1 Å². The van der Waals surface area contributed by atoms with E-state index in [1.807, 2.05) is 0 Å². The summed E-state index contributed by atoms with van der Waals surface area (Å²) in [5, 5.41) is 13.9. The van der Waals surface area contributed by atoms with Gasteiger partial charge in [-0.2, -0.15) is 0 Å². The molecule has 0 radical (unpaired) electrons. The predicted molar refractivity (Wildman–Crippen MR) is 96.4 cm³/mol. The second-order valence-corrected chi connectivity index (χ2v) is 5.59. The Morgan fingerprint density at radius 3 is 2.64 bits per heavy atom. The molecular weight excluding hydrogens is 372 g/mol. The van der Waals surface area contributed by atoms with Crippen LogP contribution in [-0.2, 0) is 9.53 Å². The molecule has 1 heterocycles. The maximum absolute atomic E-state index is 12.3. The van der Waals surface area contributed by atoms with Gasteiger partial charge in [0.1, 0.15) is 11.3 Å². The number of rotatable bonds is 9. The van der Waals surface area contributed by atoms with E-state index in [1.54, 1.807) is 26.0 Å². The number of carbonyl (C=O) groups is 2. The summed E-state index contributed by atoms with van der Waals surface area (Å²) in [6.45, 7) is 3.05. The van der Waals surface area contributed by atoms with Crippen LogP contribution in [0.2, 0.25) is 0 Å². The van der Waals surface area contributed by atoms with E-state index in [9.17, 15) is 19.7 Å². The number of amides is 1. The van der Waals surface area contributed by atoms with Crippen LogP contribution in [0.25, 0.3) is 0 Å². The van der Waals surface area contributed by atoms with Gasteiger partial charge >= 0.3 is 5.97 Å². The Morgan fingerprint density at radius 2 is 2.07 bits per heavy atom. The molecule has 0 aliphatic rings. The number of hydrogen-bond donors (Lipinski definition) is 1. The zero-order chi connectivity index (χ0) is 20.7. The first-order valence-corrected chi connectivity index (χ1v) is 8.36. The van der Waals surface area contributed by atoms with E-state index < -0.39 is 35.1 Å². The number of nitro benzene ring substituents is 1. The molecule has 0 aliphatic heterocycles. The number of esters is 1. The van der Waals surface area contributed by atoms with Gasteiger partial charge in [0, 0.05) is 6.07 Å². The molecule has 0 unspecified atom stereocenters. The van der Waals surface area contributed by atoms with Crippen LogP contribution in [0.1, 0.15) is 36.0 Å². The van der Waals surface area contributed by atoms with Gasteiger partial charge in [-0.25, -0.2) is 4.79 Å². The summed E-state index contributed by atoms with van der Waals surface area (Å²) in [7, 11) is 1.32. The van der Waals surface area contributed by atoms with Crippen LogP contribution in [0.5, 0.6) is 11.5 Å². The molecule has 1 atom stereocenters. The standard InChI is InChI=1S/C18H20N2O8/c1-4-26-16-8-12(13(20(23)24)9-15(16)25-3)18(22)28-10-17(21)19-11(2)14-6-5-7-27-14/h5-9,11H,4,10H2,1-3H3,(H,19,21)/t11-/m0/s1. The van der Waals surface area contributed by atoms with E-state index in [4.69, 9.17) is 18.6 Å². The Balaban J connectivity index is 2.10. The van der Waals surface area contributed by atoms with E-state index in [2.05, 4.69) is 5.32 Å². The zero-order valence-electron chi connectivity index (χ0n) is 15.6. The van der Waals surface area contributed by atoms with Crippen molar-refractivity contribution in [3.05, 3.63) is 52.0 Å². The molecule has 1 amide bonds. The second-order valence-electron chi connectivity index (χ2n) is 5.59. The lowest BCUT2D eigenvalue weighted by molar-refractivity contribution is -0.385. The van der Waals surface area contributed by atoms with Gasteiger partial charge in [-0.1, -0.05) is 0 Å². The van der Waals surface area contributed by atoms with Crippen LogP contribution in [0.3, 0.4) is 0 Å². The SMILES string of the molecule is CCOc1cc(C(=O)OCC(=O)N[C@@H](C)c2ccco2)c([N+](=O)[O-])cc1OC. The highest BCUT2D eigenvalue weighted by Crippen LogP contribution is 2.35. The van der Waals surface area contributed by atoms with Crippen molar-refractivity contribution in [3.8, 4) is 11.5 Å². The fourth-order valence-corrected chi connectivity index (χ4v) is 2.39.